The lowest BCUT2D eigenvalue weighted by Crippen LogP contribution is -2.60. The Hall–Kier alpha value is -2.37. The molecule has 1 heterocycles. The van der Waals surface area contributed by atoms with Crippen molar-refractivity contribution < 1.29 is 34.4 Å². The molecule has 0 saturated carbocycles. The number of carboxylic acid groups (broad SMARTS) is 1. The molecule has 0 aromatic heterocycles. The highest BCUT2D eigenvalue weighted by Gasteiger charge is 2.44. The Morgan fingerprint density at radius 1 is 1.50 bits per heavy atom. The molecule has 11 nitrogen and oxygen atoms in total. The maximum Gasteiger partial charge on any atom is 0.370 e. The smallest absolute Gasteiger partial charge is 0.370 e. The fraction of sp³-hybridized carbons (Fsp3) is 0.615. The number of amides is 1. The number of guanidine groups is 1. The molecule has 0 saturated heterocycles. The number of nitrogens with zero attached hydrogens (tertiary/aromatic N) is 1. The van der Waals surface area contributed by atoms with Gasteiger partial charge in [-0.05, 0) is 6.08 Å². The highest BCUT2D eigenvalue weighted by atomic mass is 16.6. The van der Waals surface area contributed by atoms with Crippen LogP contribution in [0.3, 0.4) is 0 Å². The summed E-state index contributed by atoms with van der Waals surface area (Å²) in [4.78, 5) is 26.6. The summed E-state index contributed by atoms with van der Waals surface area (Å²) in [6.45, 7) is 0.578. The average Bonchev–Trinajstić information content (AvgIpc) is 2.49. The number of aliphatic carboxylic acids is 1. The van der Waals surface area contributed by atoms with E-state index in [0.29, 0.717) is 0 Å². The summed E-state index contributed by atoms with van der Waals surface area (Å²) in [6, 6.07) is -1.90. The number of carboxylic acids is 1. The summed E-state index contributed by atoms with van der Waals surface area (Å²) >= 11 is 0. The summed E-state index contributed by atoms with van der Waals surface area (Å²) in [5, 5.41) is 30.8. The van der Waals surface area contributed by atoms with Gasteiger partial charge in [0.1, 0.15) is 12.2 Å². The number of nitrogens with two attached hydrogens (primary N) is 2. The average molecular weight is 346 g/mol. The second-order valence-corrected chi connectivity index (χ2v) is 5.14. The first kappa shape index (κ1) is 19.7. The molecule has 0 aliphatic carbocycles. The number of aliphatic hydroxyl groups excluding tert-OH is 2. The maximum absolute atomic E-state index is 11.5. The number of nitrogens with one attached hydrogen (secondary N) is 1. The molecule has 24 heavy (non-hydrogen) atoms. The molecule has 11 heteroatoms. The molecule has 1 aliphatic rings. The van der Waals surface area contributed by atoms with Gasteiger partial charge in [-0.3, -0.25) is 4.79 Å². The Labute approximate surface area is 137 Å². The van der Waals surface area contributed by atoms with Crippen LogP contribution in [-0.4, -0.2) is 77.3 Å². The zero-order valence-corrected chi connectivity index (χ0v) is 13.2. The second-order valence-electron chi connectivity index (χ2n) is 5.14. The standard InChI is InChI=1S/C13H22N4O7/c1-5(19)16-9-6(17-13(14)15)3-8(12(21)22)24-11(9)10(23-2)7(20)4-18/h3,6-7,9-11,18,20H,4H2,1-2H3,(H,16,19)(H,21,22)(H4,14,15,17)/t6-,7+,9+,10+,11?/m1/s1. The first-order valence-corrected chi connectivity index (χ1v) is 7.00. The van der Waals surface area contributed by atoms with Gasteiger partial charge in [-0.2, -0.15) is 0 Å². The number of carbonyl (C=O) groups is 2. The van der Waals surface area contributed by atoms with Gasteiger partial charge >= 0.3 is 5.97 Å². The van der Waals surface area contributed by atoms with Gasteiger partial charge in [-0.15, -0.1) is 0 Å². The maximum atomic E-state index is 11.5. The van der Waals surface area contributed by atoms with Gasteiger partial charge in [0.25, 0.3) is 0 Å². The second kappa shape index (κ2) is 8.47. The van der Waals surface area contributed by atoms with E-state index >= 15 is 0 Å². The van der Waals surface area contributed by atoms with Crippen molar-refractivity contribution in [1.82, 2.24) is 5.32 Å². The van der Waals surface area contributed by atoms with Crippen molar-refractivity contribution in [3.05, 3.63) is 11.8 Å². The summed E-state index contributed by atoms with van der Waals surface area (Å²) in [5.74, 6) is -2.63. The molecular formula is C13H22N4O7. The number of carbonyl (C=O) groups excluding carboxylic acids is 1. The molecule has 0 fully saturated rings. The van der Waals surface area contributed by atoms with Gasteiger partial charge < -0.3 is 41.6 Å². The molecule has 1 aliphatic heterocycles. The third-order valence-electron chi connectivity index (χ3n) is 3.35. The predicted octanol–water partition coefficient (Wildman–Crippen LogP) is -3.13. The Morgan fingerprint density at radius 3 is 2.54 bits per heavy atom. The van der Waals surface area contributed by atoms with Crippen LogP contribution in [0.4, 0.5) is 0 Å². The van der Waals surface area contributed by atoms with E-state index in [1.807, 2.05) is 0 Å². The van der Waals surface area contributed by atoms with Crippen LogP contribution >= 0.6 is 0 Å². The Morgan fingerprint density at radius 2 is 2.12 bits per heavy atom. The quantitative estimate of drug-likeness (QED) is 0.204. The zero-order chi connectivity index (χ0) is 18.4. The molecule has 0 aromatic rings. The molecule has 5 atom stereocenters. The number of aliphatic hydroxyl groups is 2. The van der Waals surface area contributed by atoms with Crippen molar-refractivity contribution in [3.63, 3.8) is 0 Å². The van der Waals surface area contributed by atoms with E-state index in [9.17, 15) is 19.8 Å². The third-order valence-corrected chi connectivity index (χ3v) is 3.35. The lowest BCUT2D eigenvalue weighted by molar-refractivity contribution is -0.149. The van der Waals surface area contributed by atoms with Crippen LogP contribution in [0.25, 0.3) is 0 Å². The molecule has 1 rings (SSSR count). The summed E-state index contributed by atoms with van der Waals surface area (Å²) in [6.07, 6.45) is -2.56. The van der Waals surface area contributed by atoms with Crippen LogP contribution < -0.4 is 16.8 Å². The van der Waals surface area contributed by atoms with E-state index in [0.717, 1.165) is 6.08 Å². The van der Waals surface area contributed by atoms with Gasteiger partial charge in [0.15, 0.2) is 12.1 Å². The van der Waals surface area contributed by atoms with E-state index in [-0.39, 0.29) is 5.96 Å². The third kappa shape index (κ3) is 4.81. The summed E-state index contributed by atoms with van der Waals surface area (Å²) in [5.41, 5.74) is 10.7. The van der Waals surface area contributed by atoms with Crippen molar-refractivity contribution in [2.75, 3.05) is 13.7 Å². The minimum atomic E-state index is -1.38. The topological polar surface area (TPSA) is 190 Å². The Balaban J connectivity index is 3.34. The first-order valence-electron chi connectivity index (χ1n) is 7.00. The highest BCUT2D eigenvalue weighted by molar-refractivity contribution is 5.85. The van der Waals surface area contributed by atoms with Gasteiger partial charge in [0, 0.05) is 14.0 Å². The van der Waals surface area contributed by atoms with Crippen molar-refractivity contribution in [2.24, 2.45) is 16.5 Å². The van der Waals surface area contributed by atoms with Crippen LogP contribution in [0, 0.1) is 0 Å². The number of hydrogen-bond acceptors (Lipinski definition) is 7. The van der Waals surface area contributed by atoms with E-state index in [4.69, 9.17) is 26.0 Å². The number of rotatable bonds is 7. The normalized spacial score (nSPS) is 25.7. The monoisotopic (exact) mass is 346 g/mol. The molecule has 8 N–H and O–H groups in total. The van der Waals surface area contributed by atoms with Crippen molar-refractivity contribution >= 4 is 17.8 Å². The number of ether oxygens (including phenoxy) is 2. The van der Waals surface area contributed by atoms with E-state index in [1.54, 1.807) is 0 Å². The predicted molar refractivity (Wildman–Crippen MR) is 81.7 cm³/mol. The van der Waals surface area contributed by atoms with Crippen molar-refractivity contribution in [1.29, 1.82) is 0 Å². The van der Waals surface area contributed by atoms with Crippen molar-refractivity contribution in [3.8, 4) is 0 Å². The molecule has 0 bridgehead atoms. The van der Waals surface area contributed by atoms with E-state index in [2.05, 4.69) is 10.3 Å². The molecule has 0 spiro atoms. The highest BCUT2D eigenvalue weighted by Crippen LogP contribution is 2.26. The van der Waals surface area contributed by atoms with Gasteiger partial charge in [0.2, 0.25) is 11.7 Å². The SMILES string of the molecule is CO[C@H](C1OC(C(=O)O)=C[C@@H](N=C(N)N)[C@@H]1NC(C)=O)[C@@H](O)CO. The van der Waals surface area contributed by atoms with Crippen LogP contribution in [-0.2, 0) is 19.1 Å². The van der Waals surface area contributed by atoms with Crippen molar-refractivity contribution in [2.45, 2.75) is 37.3 Å². The van der Waals surface area contributed by atoms with Gasteiger partial charge in [-0.25, -0.2) is 9.79 Å². The number of methoxy groups -OCH3 is 1. The Bertz CT molecular complexity index is 532. The molecule has 1 amide bonds. The van der Waals surface area contributed by atoms with Gasteiger partial charge in [-0.1, -0.05) is 0 Å². The van der Waals surface area contributed by atoms with Crippen LogP contribution in [0.15, 0.2) is 16.8 Å². The summed E-state index contributed by atoms with van der Waals surface area (Å²) in [7, 11) is 1.24. The van der Waals surface area contributed by atoms with Gasteiger partial charge in [0.05, 0.1) is 18.7 Å². The lowest BCUT2D eigenvalue weighted by Gasteiger charge is -2.39. The molecule has 0 radical (unpaired) electrons. The summed E-state index contributed by atoms with van der Waals surface area (Å²) < 4.78 is 10.5. The number of hydrogen-bond donors (Lipinski definition) is 6. The molecule has 1 unspecified atom stereocenters. The zero-order valence-electron chi connectivity index (χ0n) is 13.2. The fourth-order valence-corrected chi connectivity index (χ4v) is 2.41. The van der Waals surface area contributed by atoms with Crippen LogP contribution in [0.1, 0.15) is 6.92 Å². The first-order chi connectivity index (χ1) is 11.2. The molecule has 0 aromatic carbocycles. The van der Waals surface area contributed by atoms with Crippen LogP contribution in [0.5, 0.6) is 0 Å². The lowest BCUT2D eigenvalue weighted by atomic mass is 9.92. The van der Waals surface area contributed by atoms with Crippen LogP contribution in [0.2, 0.25) is 0 Å². The molecular weight excluding hydrogens is 324 g/mol. The minimum Gasteiger partial charge on any atom is -0.478 e. The Kier molecular flexibility index (Phi) is 6.95. The largest absolute Gasteiger partial charge is 0.478 e. The molecule has 136 valence electrons. The minimum absolute atomic E-state index is 0.325. The fourth-order valence-electron chi connectivity index (χ4n) is 2.41. The van der Waals surface area contributed by atoms with E-state index < -0.39 is 54.6 Å². The van der Waals surface area contributed by atoms with E-state index in [1.165, 1.54) is 14.0 Å². The number of aliphatic imine (C=N–C) groups is 1.